The molecule has 1 aliphatic heterocycles. The number of nitrogens with zero attached hydrogens (tertiary/aromatic N) is 1. The van der Waals surface area contributed by atoms with E-state index in [2.05, 4.69) is 13.8 Å². The van der Waals surface area contributed by atoms with Crippen LogP contribution in [-0.2, 0) is 0 Å². The van der Waals surface area contributed by atoms with Gasteiger partial charge in [0.05, 0.1) is 6.04 Å². The Labute approximate surface area is 84.5 Å². The van der Waals surface area contributed by atoms with Gasteiger partial charge in [-0.25, -0.2) is 8.78 Å². The van der Waals surface area contributed by atoms with Crippen molar-refractivity contribution in [1.29, 1.82) is 0 Å². The average molecular weight is 203 g/mol. The van der Waals surface area contributed by atoms with Crippen molar-refractivity contribution in [1.82, 2.24) is 4.90 Å². The summed E-state index contributed by atoms with van der Waals surface area (Å²) >= 11 is 0. The zero-order chi connectivity index (χ0) is 10.3. The van der Waals surface area contributed by atoms with Gasteiger partial charge < -0.3 is 0 Å². The molecular weight excluding hydrogens is 184 g/mol. The van der Waals surface area contributed by atoms with E-state index in [9.17, 15) is 8.78 Å². The number of alkyl halides is 2. The van der Waals surface area contributed by atoms with Gasteiger partial charge in [0.2, 0.25) is 0 Å². The zero-order valence-electron chi connectivity index (χ0n) is 8.97. The zero-order valence-corrected chi connectivity index (χ0v) is 8.97. The number of likely N-dealkylation sites (tertiary alicyclic amines) is 1. The second-order valence-electron chi connectivity index (χ2n) is 5.10. The molecular formula is C11H19F2N. The van der Waals surface area contributed by atoms with Crippen LogP contribution >= 0.6 is 0 Å². The monoisotopic (exact) mass is 203 g/mol. The van der Waals surface area contributed by atoms with Crippen LogP contribution in [0.4, 0.5) is 8.78 Å². The molecule has 1 aliphatic carbocycles. The Hall–Kier alpha value is -0.180. The third kappa shape index (κ3) is 1.92. The van der Waals surface area contributed by atoms with Crippen LogP contribution in [0, 0.1) is 11.8 Å². The maximum absolute atomic E-state index is 12.8. The van der Waals surface area contributed by atoms with Gasteiger partial charge in [-0.2, -0.15) is 0 Å². The first kappa shape index (κ1) is 10.3. The first-order chi connectivity index (χ1) is 6.50. The highest BCUT2D eigenvalue weighted by Crippen LogP contribution is 2.46. The summed E-state index contributed by atoms with van der Waals surface area (Å²) in [6.45, 7) is 6.21. The van der Waals surface area contributed by atoms with Crippen LogP contribution < -0.4 is 0 Å². The number of hydrogen-bond acceptors (Lipinski definition) is 1. The first-order valence-electron chi connectivity index (χ1n) is 5.62. The Morgan fingerprint density at radius 2 is 1.71 bits per heavy atom. The molecule has 0 amide bonds. The van der Waals surface area contributed by atoms with Crippen molar-refractivity contribution in [3.63, 3.8) is 0 Å². The van der Waals surface area contributed by atoms with E-state index in [1.807, 2.05) is 4.90 Å². The Morgan fingerprint density at radius 3 is 2.07 bits per heavy atom. The van der Waals surface area contributed by atoms with Crippen LogP contribution in [0.2, 0.25) is 0 Å². The minimum atomic E-state index is -2.37. The normalized spacial score (nSPS) is 33.6. The number of halogens is 2. The van der Waals surface area contributed by atoms with Gasteiger partial charge in [0.25, 0.3) is 5.92 Å². The summed E-state index contributed by atoms with van der Waals surface area (Å²) in [7, 11) is 0. The number of hydrogen-bond donors (Lipinski definition) is 0. The third-order valence-corrected chi connectivity index (χ3v) is 3.75. The second kappa shape index (κ2) is 3.44. The predicted molar refractivity (Wildman–Crippen MR) is 52.5 cm³/mol. The molecule has 0 aromatic carbocycles. The van der Waals surface area contributed by atoms with Crippen LogP contribution in [0.5, 0.6) is 0 Å². The van der Waals surface area contributed by atoms with E-state index in [1.165, 1.54) is 0 Å². The van der Waals surface area contributed by atoms with Crippen LogP contribution in [0.15, 0.2) is 0 Å². The molecule has 14 heavy (non-hydrogen) atoms. The molecule has 1 atom stereocenters. The second-order valence-corrected chi connectivity index (χ2v) is 5.10. The topological polar surface area (TPSA) is 3.24 Å². The van der Waals surface area contributed by atoms with E-state index in [0.29, 0.717) is 5.92 Å². The molecule has 2 fully saturated rings. The molecule has 0 N–H and O–H groups in total. The minimum Gasteiger partial charge on any atom is -0.295 e. The van der Waals surface area contributed by atoms with E-state index in [-0.39, 0.29) is 6.42 Å². The van der Waals surface area contributed by atoms with Gasteiger partial charge in [0.1, 0.15) is 0 Å². The van der Waals surface area contributed by atoms with Crippen LogP contribution in [0.1, 0.15) is 33.1 Å². The van der Waals surface area contributed by atoms with Gasteiger partial charge >= 0.3 is 0 Å². The van der Waals surface area contributed by atoms with E-state index in [1.54, 1.807) is 0 Å². The van der Waals surface area contributed by atoms with Crippen LogP contribution in [0.25, 0.3) is 0 Å². The molecule has 3 heteroatoms. The smallest absolute Gasteiger partial charge is 0.265 e. The maximum atomic E-state index is 12.8. The summed E-state index contributed by atoms with van der Waals surface area (Å²) in [6, 6.07) is -0.421. The van der Waals surface area contributed by atoms with Crippen molar-refractivity contribution < 1.29 is 8.78 Å². The minimum absolute atomic E-state index is 0.0966. The quantitative estimate of drug-likeness (QED) is 0.667. The first-order valence-corrected chi connectivity index (χ1v) is 5.62. The largest absolute Gasteiger partial charge is 0.295 e. The van der Waals surface area contributed by atoms with Crippen LogP contribution in [-0.4, -0.2) is 30.0 Å². The lowest BCUT2D eigenvalue weighted by Gasteiger charge is -2.33. The third-order valence-electron chi connectivity index (χ3n) is 3.75. The Kier molecular flexibility index (Phi) is 2.54. The van der Waals surface area contributed by atoms with Crippen LogP contribution in [0.3, 0.4) is 0 Å². The fraction of sp³-hybridized carbons (Fsp3) is 1.00. The molecule has 1 nitrogen and oxygen atoms in total. The fourth-order valence-corrected chi connectivity index (χ4v) is 2.49. The number of piperidine rings is 1. The highest BCUT2D eigenvalue weighted by atomic mass is 19.3. The SMILES string of the molecule is CC(C)C1CCN(C2CC2(F)F)CC1. The molecule has 1 saturated carbocycles. The Bertz CT molecular complexity index is 207. The van der Waals surface area contributed by atoms with E-state index in [0.717, 1.165) is 31.8 Å². The van der Waals surface area contributed by atoms with Crippen molar-refractivity contribution in [2.24, 2.45) is 11.8 Å². The summed E-state index contributed by atoms with van der Waals surface area (Å²) < 4.78 is 25.6. The predicted octanol–water partition coefficient (Wildman–Crippen LogP) is 2.76. The summed E-state index contributed by atoms with van der Waals surface area (Å²) in [6.07, 6.45) is 2.30. The summed E-state index contributed by atoms with van der Waals surface area (Å²) in [5.41, 5.74) is 0. The highest BCUT2D eigenvalue weighted by molar-refractivity contribution is 5.04. The molecule has 0 spiro atoms. The molecule has 1 saturated heterocycles. The van der Waals surface area contributed by atoms with Crippen molar-refractivity contribution in [3.8, 4) is 0 Å². The summed E-state index contributed by atoms with van der Waals surface area (Å²) in [5.74, 6) is -0.916. The van der Waals surface area contributed by atoms with Crippen molar-refractivity contribution >= 4 is 0 Å². The van der Waals surface area contributed by atoms with Gasteiger partial charge in [-0.1, -0.05) is 13.8 Å². The fourth-order valence-electron chi connectivity index (χ4n) is 2.49. The van der Waals surface area contributed by atoms with Crippen molar-refractivity contribution in [3.05, 3.63) is 0 Å². The van der Waals surface area contributed by atoms with Gasteiger partial charge in [-0.3, -0.25) is 4.90 Å². The summed E-state index contributed by atoms with van der Waals surface area (Å²) in [4.78, 5) is 1.98. The van der Waals surface area contributed by atoms with Gasteiger partial charge in [-0.15, -0.1) is 0 Å². The van der Waals surface area contributed by atoms with E-state index >= 15 is 0 Å². The van der Waals surface area contributed by atoms with E-state index < -0.39 is 12.0 Å². The lowest BCUT2D eigenvalue weighted by Crippen LogP contribution is -2.38. The Morgan fingerprint density at radius 1 is 1.21 bits per heavy atom. The molecule has 2 aliphatic rings. The van der Waals surface area contributed by atoms with Gasteiger partial charge in [0.15, 0.2) is 0 Å². The molecule has 1 unspecified atom stereocenters. The standard InChI is InChI=1S/C11H19F2N/c1-8(2)9-3-5-14(6-4-9)10-7-11(10,12)13/h8-10H,3-7H2,1-2H3. The summed E-state index contributed by atoms with van der Waals surface area (Å²) in [5, 5.41) is 0. The molecule has 0 bridgehead atoms. The van der Waals surface area contributed by atoms with Gasteiger partial charge in [0, 0.05) is 6.42 Å². The molecule has 1 heterocycles. The van der Waals surface area contributed by atoms with E-state index in [4.69, 9.17) is 0 Å². The molecule has 0 radical (unpaired) electrons. The average Bonchev–Trinajstić information content (AvgIpc) is 2.75. The Balaban J connectivity index is 1.80. The maximum Gasteiger partial charge on any atom is 0.265 e. The lowest BCUT2D eigenvalue weighted by atomic mass is 9.87. The highest BCUT2D eigenvalue weighted by Gasteiger charge is 2.59. The molecule has 0 aromatic heterocycles. The van der Waals surface area contributed by atoms with Gasteiger partial charge in [-0.05, 0) is 37.8 Å². The molecule has 2 rings (SSSR count). The molecule has 0 aromatic rings. The molecule has 82 valence electrons. The van der Waals surface area contributed by atoms with Crippen molar-refractivity contribution in [2.75, 3.05) is 13.1 Å². The number of rotatable bonds is 2. The lowest BCUT2D eigenvalue weighted by molar-refractivity contribution is 0.0544. The van der Waals surface area contributed by atoms with Crippen molar-refractivity contribution in [2.45, 2.75) is 45.1 Å².